The van der Waals surface area contributed by atoms with Crippen LogP contribution in [-0.4, -0.2) is 12.1 Å². The quantitative estimate of drug-likeness (QED) is 0.759. The number of aromatic nitrogens is 1. The molecule has 1 aromatic rings. The summed E-state index contributed by atoms with van der Waals surface area (Å²) in [6, 6.07) is 4.00. The monoisotopic (exact) mass is 257 g/mol. The summed E-state index contributed by atoms with van der Waals surface area (Å²) in [4.78, 5) is 4.56. The van der Waals surface area contributed by atoms with Crippen molar-refractivity contribution in [3.8, 4) is 5.75 Å². The molecule has 14 heavy (non-hydrogen) atoms. The average Bonchev–Trinajstić information content (AvgIpc) is 2.15. The topological polar surface area (TPSA) is 22.1 Å². The van der Waals surface area contributed by atoms with Crippen molar-refractivity contribution in [3.05, 3.63) is 23.5 Å². The van der Waals surface area contributed by atoms with E-state index in [4.69, 9.17) is 4.74 Å². The smallest absolute Gasteiger partial charge is 0.141 e. The van der Waals surface area contributed by atoms with Crippen LogP contribution in [0.2, 0.25) is 0 Å². The highest BCUT2D eigenvalue weighted by atomic mass is 79.9. The second-order valence-corrected chi connectivity index (χ2v) is 4.79. The second kappa shape index (κ2) is 4.30. The maximum Gasteiger partial charge on any atom is 0.141 e. The summed E-state index contributed by atoms with van der Waals surface area (Å²) in [6.07, 6.45) is 0. The molecular weight excluding hydrogens is 242 g/mol. The van der Waals surface area contributed by atoms with Crippen molar-refractivity contribution >= 4 is 15.9 Å². The van der Waals surface area contributed by atoms with E-state index in [2.05, 4.69) is 41.7 Å². The Kier molecular flexibility index (Phi) is 3.53. The average molecular weight is 258 g/mol. The molecule has 0 aliphatic carbocycles. The summed E-state index contributed by atoms with van der Waals surface area (Å²) in [5.41, 5.74) is 2.14. The lowest BCUT2D eigenvalue weighted by molar-refractivity contribution is 0.407. The van der Waals surface area contributed by atoms with Crippen LogP contribution < -0.4 is 4.74 Å². The largest absolute Gasteiger partial charge is 0.495 e. The molecule has 0 aromatic carbocycles. The van der Waals surface area contributed by atoms with E-state index in [1.54, 1.807) is 7.11 Å². The van der Waals surface area contributed by atoms with Crippen LogP contribution in [0.4, 0.5) is 0 Å². The molecule has 1 rings (SSSR count). The third-order valence-corrected chi connectivity index (χ3v) is 2.58. The van der Waals surface area contributed by atoms with E-state index in [9.17, 15) is 0 Å². The Labute approximate surface area is 93.8 Å². The van der Waals surface area contributed by atoms with Crippen molar-refractivity contribution in [2.45, 2.75) is 31.5 Å². The molecule has 0 spiro atoms. The van der Waals surface area contributed by atoms with Gasteiger partial charge in [-0.05, 0) is 12.1 Å². The molecule has 2 nitrogen and oxygen atoms in total. The molecule has 0 aliphatic heterocycles. The maximum atomic E-state index is 5.21. The Morgan fingerprint density at radius 3 is 2.43 bits per heavy atom. The normalized spacial score (nSPS) is 11.5. The van der Waals surface area contributed by atoms with Crippen LogP contribution >= 0.6 is 15.9 Å². The number of hydrogen-bond donors (Lipinski definition) is 0. The summed E-state index contributed by atoms with van der Waals surface area (Å²) in [6.45, 7) is 6.46. The van der Waals surface area contributed by atoms with Gasteiger partial charge in [0, 0.05) is 16.4 Å². The molecule has 0 unspecified atom stereocenters. The molecule has 0 atom stereocenters. The Morgan fingerprint density at radius 1 is 1.36 bits per heavy atom. The molecular formula is C11H16BrNO. The molecule has 1 aromatic heterocycles. The van der Waals surface area contributed by atoms with Crippen LogP contribution in [0.1, 0.15) is 32.2 Å². The summed E-state index contributed by atoms with van der Waals surface area (Å²) in [5.74, 6) is 0.842. The first-order valence-electron chi connectivity index (χ1n) is 4.59. The van der Waals surface area contributed by atoms with Crippen molar-refractivity contribution in [1.82, 2.24) is 4.98 Å². The Hall–Kier alpha value is -0.570. The first kappa shape index (κ1) is 11.5. The summed E-state index contributed by atoms with van der Waals surface area (Å²) in [7, 11) is 1.67. The van der Waals surface area contributed by atoms with Gasteiger partial charge in [-0.2, -0.15) is 0 Å². The molecule has 0 saturated carbocycles. The molecule has 0 bridgehead atoms. The van der Waals surface area contributed by atoms with Gasteiger partial charge in [-0.15, -0.1) is 0 Å². The van der Waals surface area contributed by atoms with Crippen molar-refractivity contribution in [3.63, 3.8) is 0 Å². The van der Waals surface area contributed by atoms with Gasteiger partial charge in [-0.1, -0.05) is 36.7 Å². The van der Waals surface area contributed by atoms with Gasteiger partial charge in [0.15, 0.2) is 0 Å². The third-order valence-electron chi connectivity index (χ3n) is 2.05. The molecule has 0 amide bonds. The summed E-state index contributed by atoms with van der Waals surface area (Å²) >= 11 is 3.41. The lowest BCUT2D eigenvalue weighted by Gasteiger charge is -2.19. The van der Waals surface area contributed by atoms with Crippen LogP contribution in [-0.2, 0) is 10.7 Å². The van der Waals surface area contributed by atoms with Crippen molar-refractivity contribution < 1.29 is 4.74 Å². The highest BCUT2D eigenvalue weighted by Crippen LogP contribution is 2.25. The number of rotatable bonds is 2. The maximum absolute atomic E-state index is 5.21. The predicted octanol–water partition coefficient (Wildman–Crippen LogP) is 3.28. The van der Waals surface area contributed by atoms with E-state index in [0.29, 0.717) is 0 Å². The number of halogens is 1. The van der Waals surface area contributed by atoms with Crippen molar-refractivity contribution in [1.29, 1.82) is 0 Å². The van der Waals surface area contributed by atoms with Gasteiger partial charge in [-0.25, -0.2) is 0 Å². The molecule has 0 saturated heterocycles. The first-order chi connectivity index (χ1) is 6.49. The second-order valence-electron chi connectivity index (χ2n) is 4.23. The van der Waals surface area contributed by atoms with Crippen molar-refractivity contribution in [2.24, 2.45) is 0 Å². The highest BCUT2D eigenvalue weighted by molar-refractivity contribution is 9.08. The number of hydrogen-bond acceptors (Lipinski definition) is 2. The third kappa shape index (κ3) is 2.47. The first-order valence-corrected chi connectivity index (χ1v) is 5.71. The number of pyridine rings is 1. The zero-order valence-electron chi connectivity index (χ0n) is 9.10. The van der Waals surface area contributed by atoms with Crippen LogP contribution in [0.25, 0.3) is 0 Å². The summed E-state index contributed by atoms with van der Waals surface area (Å²) in [5, 5.41) is 0.722. The van der Waals surface area contributed by atoms with E-state index in [-0.39, 0.29) is 5.41 Å². The van der Waals surface area contributed by atoms with E-state index >= 15 is 0 Å². The minimum Gasteiger partial charge on any atom is -0.495 e. The standard InChI is InChI=1S/C11H16BrNO/c1-11(2,3)10-6-5-9(14-4)8(7-12)13-10/h5-6H,7H2,1-4H3. The van der Waals surface area contributed by atoms with Crippen LogP contribution in [0.5, 0.6) is 5.75 Å². The van der Waals surface area contributed by atoms with Gasteiger partial charge in [0.05, 0.1) is 12.8 Å². The fraction of sp³-hybridized carbons (Fsp3) is 0.545. The van der Waals surface area contributed by atoms with E-state index in [1.165, 1.54) is 0 Å². The van der Waals surface area contributed by atoms with Crippen LogP contribution in [0.3, 0.4) is 0 Å². The number of methoxy groups -OCH3 is 1. The minimum absolute atomic E-state index is 0.0865. The van der Waals surface area contributed by atoms with Gasteiger partial charge in [0.1, 0.15) is 5.75 Å². The molecule has 0 aliphatic rings. The zero-order chi connectivity index (χ0) is 10.8. The Morgan fingerprint density at radius 2 is 2.00 bits per heavy atom. The number of nitrogens with zero attached hydrogens (tertiary/aromatic N) is 1. The van der Waals surface area contributed by atoms with Crippen molar-refractivity contribution in [2.75, 3.05) is 7.11 Å². The van der Waals surface area contributed by atoms with Gasteiger partial charge in [-0.3, -0.25) is 4.98 Å². The molecule has 3 heteroatoms. The van der Waals surface area contributed by atoms with E-state index in [1.807, 2.05) is 12.1 Å². The van der Waals surface area contributed by atoms with E-state index < -0.39 is 0 Å². The zero-order valence-corrected chi connectivity index (χ0v) is 10.7. The Balaban J connectivity index is 3.14. The SMILES string of the molecule is COc1ccc(C(C)(C)C)nc1CBr. The Bertz CT molecular complexity index is 318. The predicted molar refractivity (Wildman–Crippen MR) is 62.1 cm³/mol. The number of ether oxygens (including phenoxy) is 1. The molecule has 0 radical (unpaired) electrons. The van der Waals surface area contributed by atoms with E-state index in [0.717, 1.165) is 22.5 Å². The van der Waals surface area contributed by atoms with Gasteiger partial charge in [0.2, 0.25) is 0 Å². The molecule has 0 fully saturated rings. The van der Waals surface area contributed by atoms with Crippen LogP contribution in [0.15, 0.2) is 12.1 Å². The molecule has 0 N–H and O–H groups in total. The molecule has 1 heterocycles. The lowest BCUT2D eigenvalue weighted by Crippen LogP contribution is -2.14. The minimum atomic E-state index is 0.0865. The van der Waals surface area contributed by atoms with Gasteiger partial charge < -0.3 is 4.74 Å². The summed E-state index contributed by atoms with van der Waals surface area (Å²) < 4.78 is 5.21. The lowest BCUT2D eigenvalue weighted by atomic mass is 9.91. The number of alkyl halides is 1. The fourth-order valence-electron chi connectivity index (χ4n) is 1.19. The fourth-order valence-corrected chi connectivity index (χ4v) is 1.59. The van der Waals surface area contributed by atoms with Gasteiger partial charge >= 0.3 is 0 Å². The van der Waals surface area contributed by atoms with Crippen LogP contribution in [0, 0.1) is 0 Å². The van der Waals surface area contributed by atoms with Gasteiger partial charge in [0.25, 0.3) is 0 Å². The molecule has 78 valence electrons. The highest BCUT2D eigenvalue weighted by Gasteiger charge is 2.17.